The lowest BCUT2D eigenvalue weighted by atomic mass is 9.80. The minimum Gasteiger partial charge on any atom is -0.442 e. The Morgan fingerprint density at radius 1 is 1.40 bits per heavy atom. The maximum absolute atomic E-state index is 11.9. The van der Waals surface area contributed by atoms with Gasteiger partial charge in [0.15, 0.2) is 0 Å². The van der Waals surface area contributed by atoms with Crippen LogP contribution >= 0.6 is 0 Å². The van der Waals surface area contributed by atoms with Crippen LogP contribution in [0.4, 0.5) is 4.79 Å². The zero-order chi connectivity index (χ0) is 15.0. The van der Waals surface area contributed by atoms with Gasteiger partial charge in [0.25, 0.3) is 0 Å². The number of aromatic nitrogens is 2. The second-order valence-electron chi connectivity index (χ2n) is 6.78. The molecule has 0 radical (unpaired) electrons. The normalized spacial score (nSPS) is 18.9. The first-order valence-electron chi connectivity index (χ1n) is 6.68. The van der Waals surface area contributed by atoms with Gasteiger partial charge in [0.1, 0.15) is 5.60 Å². The van der Waals surface area contributed by atoms with Crippen molar-refractivity contribution in [2.24, 2.45) is 5.41 Å². The standard InChI is InChI=1S/C13H21BN2O4/c1-12(2,3)20-11(17)16-7-6-10(15-16)14-18-8-13(4,5)9-19-14/h6-7H,8-9H2,1-5H3. The molecule has 0 amide bonds. The van der Waals surface area contributed by atoms with E-state index in [1.807, 2.05) is 20.8 Å². The Morgan fingerprint density at radius 3 is 2.55 bits per heavy atom. The maximum Gasteiger partial charge on any atom is 0.515 e. The van der Waals surface area contributed by atoms with Gasteiger partial charge < -0.3 is 14.0 Å². The van der Waals surface area contributed by atoms with Crippen molar-refractivity contribution in [1.82, 2.24) is 9.78 Å². The Balaban J connectivity index is 2.01. The van der Waals surface area contributed by atoms with Crippen LogP contribution in [-0.2, 0) is 14.0 Å². The smallest absolute Gasteiger partial charge is 0.442 e. The van der Waals surface area contributed by atoms with Crippen molar-refractivity contribution in [3.8, 4) is 0 Å². The van der Waals surface area contributed by atoms with E-state index in [0.717, 1.165) is 4.68 Å². The molecular formula is C13H21BN2O4. The van der Waals surface area contributed by atoms with Gasteiger partial charge in [0.2, 0.25) is 0 Å². The lowest BCUT2D eigenvalue weighted by molar-refractivity contribution is 0.0338. The van der Waals surface area contributed by atoms with E-state index in [2.05, 4.69) is 18.9 Å². The molecule has 0 spiro atoms. The topological polar surface area (TPSA) is 62.6 Å². The number of rotatable bonds is 1. The summed E-state index contributed by atoms with van der Waals surface area (Å²) in [6.45, 7) is 10.8. The summed E-state index contributed by atoms with van der Waals surface area (Å²) in [5, 5.41) is 4.16. The molecule has 2 rings (SSSR count). The van der Waals surface area contributed by atoms with Gasteiger partial charge in [-0.05, 0) is 26.8 Å². The van der Waals surface area contributed by atoms with E-state index in [9.17, 15) is 4.79 Å². The predicted molar refractivity (Wildman–Crippen MR) is 74.9 cm³/mol. The van der Waals surface area contributed by atoms with Crippen LogP contribution in [0.2, 0.25) is 0 Å². The number of nitrogens with zero attached hydrogens (tertiary/aromatic N) is 2. The van der Waals surface area contributed by atoms with E-state index in [0.29, 0.717) is 18.8 Å². The minimum atomic E-state index is -0.551. The van der Waals surface area contributed by atoms with Crippen LogP contribution in [0.5, 0.6) is 0 Å². The van der Waals surface area contributed by atoms with Crippen molar-refractivity contribution in [2.45, 2.75) is 40.2 Å². The fraction of sp³-hybridized carbons (Fsp3) is 0.692. The van der Waals surface area contributed by atoms with Crippen molar-refractivity contribution in [3.05, 3.63) is 12.3 Å². The van der Waals surface area contributed by atoms with E-state index in [-0.39, 0.29) is 5.41 Å². The molecule has 0 aromatic carbocycles. The van der Waals surface area contributed by atoms with E-state index in [1.54, 1.807) is 12.3 Å². The molecule has 1 saturated heterocycles. The lowest BCUT2D eigenvalue weighted by Gasteiger charge is -2.32. The summed E-state index contributed by atoms with van der Waals surface area (Å²) in [7, 11) is -0.522. The average molecular weight is 280 g/mol. The highest BCUT2D eigenvalue weighted by Gasteiger charge is 2.35. The van der Waals surface area contributed by atoms with Gasteiger partial charge in [-0.3, -0.25) is 0 Å². The van der Waals surface area contributed by atoms with Crippen molar-refractivity contribution < 1.29 is 18.8 Å². The molecule has 1 aromatic rings. The van der Waals surface area contributed by atoms with Crippen LogP contribution in [0, 0.1) is 5.41 Å². The summed E-state index contributed by atoms with van der Waals surface area (Å²) in [5.41, 5.74) is 0.0290. The largest absolute Gasteiger partial charge is 0.515 e. The summed E-state index contributed by atoms with van der Waals surface area (Å²) in [5.74, 6) is 0. The number of hydrogen-bond donors (Lipinski definition) is 0. The van der Waals surface area contributed by atoms with E-state index < -0.39 is 18.8 Å². The van der Waals surface area contributed by atoms with E-state index >= 15 is 0 Å². The van der Waals surface area contributed by atoms with Gasteiger partial charge in [-0.1, -0.05) is 13.8 Å². The molecule has 1 fully saturated rings. The fourth-order valence-corrected chi connectivity index (χ4v) is 1.74. The summed E-state index contributed by atoms with van der Waals surface area (Å²) in [6.07, 6.45) is 1.04. The lowest BCUT2D eigenvalue weighted by Crippen LogP contribution is -2.48. The fourth-order valence-electron chi connectivity index (χ4n) is 1.74. The van der Waals surface area contributed by atoms with Crippen molar-refractivity contribution in [1.29, 1.82) is 0 Å². The third-order valence-electron chi connectivity index (χ3n) is 2.68. The number of carbonyl (C=O) groups excluding carboxylic acids is 1. The average Bonchev–Trinajstić information content (AvgIpc) is 2.76. The second kappa shape index (κ2) is 5.22. The monoisotopic (exact) mass is 280 g/mol. The number of hydrogen-bond acceptors (Lipinski definition) is 5. The molecule has 110 valence electrons. The third kappa shape index (κ3) is 3.83. The van der Waals surface area contributed by atoms with Crippen molar-refractivity contribution in [2.75, 3.05) is 13.2 Å². The summed E-state index contributed by atoms with van der Waals surface area (Å²) in [4.78, 5) is 11.9. The SMILES string of the molecule is CC1(C)COB(c2ccn(C(=O)OC(C)(C)C)n2)OC1. The predicted octanol–water partition coefficient (Wildman–Crippen LogP) is 1.43. The molecule has 2 heterocycles. The highest BCUT2D eigenvalue weighted by atomic mass is 16.6. The summed E-state index contributed by atoms with van der Waals surface area (Å²) < 4.78 is 17.6. The van der Waals surface area contributed by atoms with Crippen LogP contribution in [0.1, 0.15) is 34.6 Å². The summed E-state index contributed by atoms with van der Waals surface area (Å²) in [6, 6.07) is 1.70. The van der Waals surface area contributed by atoms with Gasteiger partial charge in [-0.2, -0.15) is 9.78 Å². The zero-order valence-corrected chi connectivity index (χ0v) is 12.7. The molecule has 6 nitrogen and oxygen atoms in total. The van der Waals surface area contributed by atoms with E-state index in [4.69, 9.17) is 14.0 Å². The maximum atomic E-state index is 11.9. The third-order valence-corrected chi connectivity index (χ3v) is 2.68. The number of carbonyl (C=O) groups is 1. The Bertz CT molecular complexity index is 483. The molecular weight excluding hydrogens is 259 g/mol. The van der Waals surface area contributed by atoms with Gasteiger partial charge in [0, 0.05) is 24.8 Å². The van der Waals surface area contributed by atoms with Crippen molar-refractivity contribution >= 4 is 18.8 Å². The van der Waals surface area contributed by atoms with Crippen LogP contribution in [0.3, 0.4) is 0 Å². The van der Waals surface area contributed by atoms with Gasteiger partial charge in [0.05, 0.1) is 5.59 Å². The zero-order valence-electron chi connectivity index (χ0n) is 12.7. The molecule has 7 heteroatoms. The molecule has 1 aliphatic rings. The summed E-state index contributed by atoms with van der Waals surface area (Å²) >= 11 is 0. The first-order chi connectivity index (χ1) is 9.16. The molecule has 1 aliphatic heterocycles. The molecule has 20 heavy (non-hydrogen) atoms. The highest BCUT2D eigenvalue weighted by Crippen LogP contribution is 2.21. The second-order valence-corrected chi connectivity index (χ2v) is 6.78. The molecule has 1 aromatic heterocycles. The van der Waals surface area contributed by atoms with Gasteiger partial charge in [-0.15, -0.1) is 0 Å². The minimum absolute atomic E-state index is 0.00420. The van der Waals surface area contributed by atoms with Gasteiger partial charge in [-0.25, -0.2) is 4.79 Å². The molecule has 0 bridgehead atoms. The van der Waals surface area contributed by atoms with Crippen LogP contribution in [0.25, 0.3) is 0 Å². The first kappa shape index (κ1) is 15.1. The molecule has 0 unspecified atom stereocenters. The number of ether oxygens (including phenoxy) is 1. The van der Waals surface area contributed by atoms with Crippen LogP contribution in [0.15, 0.2) is 12.3 Å². The first-order valence-corrected chi connectivity index (χ1v) is 6.68. The van der Waals surface area contributed by atoms with Gasteiger partial charge >= 0.3 is 13.2 Å². The Morgan fingerprint density at radius 2 is 2.00 bits per heavy atom. The molecule has 0 N–H and O–H groups in total. The molecule has 0 atom stereocenters. The van der Waals surface area contributed by atoms with E-state index in [1.165, 1.54) is 0 Å². The van der Waals surface area contributed by atoms with Crippen molar-refractivity contribution in [3.63, 3.8) is 0 Å². The van der Waals surface area contributed by atoms with Crippen LogP contribution < -0.4 is 5.59 Å². The Kier molecular flexibility index (Phi) is 3.93. The van der Waals surface area contributed by atoms with Crippen LogP contribution in [-0.4, -0.2) is 41.8 Å². The Hall–Kier alpha value is -1.34. The highest BCUT2D eigenvalue weighted by molar-refractivity contribution is 6.60. The molecule has 0 aliphatic carbocycles. The quantitative estimate of drug-likeness (QED) is 0.728. The Labute approximate surface area is 119 Å². The molecule has 0 saturated carbocycles.